The first-order valence-corrected chi connectivity index (χ1v) is 4.35. The van der Waals surface area contributed by atoms with Gasteiger partial charge in [-0.3, -0.25) is 0 Å². The Labute approximate surface area is 69.1 Å². The third-order valence-electron chi connectivity index (χ3n) is 2.69. The Balaban J connectivity index is 2.40. The van der Waals surface area contributed by atoms with E-state index in [1.807, 2.05) is 0 Å². The molecule has 66 valence electrons. The highest BCUT2D eigenvalue weighted by Crippen LogP contribution is 2.41. The molecule has 1 aliphatic carbocycles. The molecule has 2 heteroatoms. The van der Waals surface area contributed by atoms with Crippen molar-refractivity contribution in [1.29, 1.82) is 0 Å². The number of hydrogen-bond acceptors (Lipinski definition) is 2. The van der Waals surface area contributed by atoms with Crippen LogP contribution < -0.4 is 5.73 Å². The Morgan fingerprint density at radius 3 is 2.27 bits per heavy atom. The van der Waals surface area contributed by atoms with Gasteiger partial charge in [0, 0.05) is 11.5 Å². The maximum atomic E-state index is 5.84. The van der Waals surface area contributed by atoms with E-state index in [-0.39, 0.29) is 5.41 Å². The van der Waals surface area contributed by atoms with Gasteiger partial charge in [0.1, 0.15) is 0 Å². The summed E-state index contributed by atoms with van der Waals surface area (Å²) in [7, 11) is 0. The third-order valence-corrected chi connectivity index (χ3v) is 2.69. The van der Waals surface area contributed by atoms with Gasteiger partial charge in [-0.25, -0.2) is 0 Å². The molecule has 0 aliphatic heterocycles. The molecule has 0 heterocycles. The van der Waals surface area contributed by atoms with Crippen molar-refractivity contribution in [2.45, 2.75) is 52.4 Å². The topological polar surface area (TPSA) is 35.2 Å². The smallest absolute Gasteiger partial charge is 0.0659 e. The molecule has 1 fully saturated rings. The predicted molar refractivity (Wildman–Crippen MR) is 46.4 cm³/mol. The first kappa shape index (κ1) is 9.01. The first-order chi connectivity index (χ1) is 4.94. The highest BCUT2D eigenvalue weighted by molar-refractivity contribution is 5.00. The van der Waals surface area contributed by atoms with Gasteiger partial charge in [0.05, 0.1) is 12.2 Å². The molecule has 0 saturated heterocycles. The molecule has 0 aromatic heterocycles. The van der Waals surface area contributed by atoms with E-state index >= 15 is 0 Å². The number of nitrogens with two attached hydrogens (primary N) is 1. The van der Waals surface area contributed by atoms with Gasteiger partial charge in [0.15, 0.2) is 0 Å². The minimum atomic E-state index is 0.185. The fourth-order valence-electron chi connectivity index (χ4n) is 1.48. The van der Waals surface area contributed by atoms with Crippen LogP contribution in [-0.2, 0) is 4.74 Å². The molecule has 1 rings (SSSR count). The van der Waals surface area contributed by atoms with Crippen molar-refractivity contribution in [2.75, 3.05) is 0 Å². The lowest BCUT2D eigenvalue weighted by Crippen LogP contribution is -2.59. The van der Waals surface area contributed by atoms with E-state index in [4.69, 9.17) is 10.5 Å². The second-order valence-electron chi connectivity index (χ2n) is 4.34. The van der Waals surface area contributed by atoms with Crippen molar-refractivity contribution in [1.82, 2.24) is 0 Å². The summed E-state index contributed by atoms with van der Waals surface area (Å²) >= 11 is 0. The van der Waals surface area contributed by atoms with E-state index in [9.17, 15) is 0 Å². The molecule has 0 aromatic rings. The molecule has 0 bridgehead atoms. The van der Waals surface area contributed by atoms with Gasteiger partial charge in [-0.2, -0.15) is 0 Å². The highest BCUT2D eigenvalue weighted by Gasteiger charge is 2.47. The van der Waals surface area contributed by atoms with Crippen LogP contribution in [0.3, 0.4) is 0 Å². The van der Waals surface area contributed by atoms with Gasteiger partial charge < -0.3 is 10.5 Å². The molecule has 0 unspecified atom stereocenters. The second kappa shape index (κ2) is 2.76. The van der Waals surface area contributed by atoms with Crippen LogP contribution in [0.2, 0.25) is 0 Å². The molecule has 1 saturated carbocycles. The zero-order valence-electron chi connectivity index (χ0n) is 7.92. The first-order valence-electron chi connectivity index (χ1n) is 4.35. The molecule has 2 N–H and O–H groups in total. The quantitative estimate of drug-likeness (QED) is 0.660. The van der Waals surface area contributed by atoms with Gasteiger partial charge in [-0.15, -0.1) is 0 Å². The Morgan fingerprint density at radius 1 is 1.45 bits per heavy atom. The summed E-state index contributed by atoms with van der Waals surface area (Å²) in [4.78, 5) is 0. The van der Waals surface area contributed by atoms with Crippen LogP contribution in [0.25, 0.3) is 0 Å². The average Bonchev–Trinajstić information content (AvgIpc) is 1.87. The van der Waals surface area contributed by atoms with E-state index < -0.39 is 0 Å². The highest BCUT2D eigenvalue weighted by atomic mass is 16.5. The maximum Gasteiger partial charge on any atom is 0.0659 e. The molecular formula is C9H19NO. The van der Waals surface area contributed by atoms with Crippen molar-refractivity contribution in [3.63, 3.8) is 0 Å². The van der Waals surface area contributed by atoms with Crippen LogP contribution in [0.4, 0.5) is 0 Å². The monoisotopic (exact) mass is 157 g/mol. The van der Waals surface area contributed by atoms with E-state index in [2.05, 4.69) is 27.7 Å². The SMILES string of the molecule is CC(C)O[C@@H]1C[C@H](N)C1(C)C. The van der Waals surface area contributed by atoms with E-state index in [1.54, 1.807) is 0 Å². The molecule has 0 amide bonds. The molecule has 1 aliphatic rings. The molecule has 0 aromatic carbocycles. The second-order valence-corrected chi connectivity index (χ2v) is 4.34. The molecule has 11 heavy (non-hydrogen) atoms. The van der Waals surface area contributed by atoms with Gasteiger partial charge >= 0.3 is 0 Å². The number of rotatable bonds is 2. The maximum absolute atomic E-state index is 5.84. The zero-order valence-corrected chi connectivity index (χ0v) is 7.92. The Kier molecular flexibility index (Phi) is 2.26. The zero-order chi connectivity index (χ0) is 8.65. The van der Waals surface area contributed by atoms with E-state index in [0.717, 1.165) is 6.42 Å². The summed E-state index contributed by atoms with van der Waals surface area (Å²) in [5.74, 6) is 0. The Hall–Kier alpha value is -0.0800. The van der Waals surface area contributed by atoms with Gasteiger partial charge in [-0.05, 0) is 20.3 Å². The van der Waals surface area contributed by atoms with Crippen molar-refractivity contribution in [3.05, 3.63) is 0 Å². The minimum absolute atomic E-state index is 0.185. The molecule has 2 atom stereocenters. The van der Waals surface area contributed by atoms with Crippen molar-refractivity contribution in [2.24, 2.45) is 11.1 Å². The van der Waals surface area contributed by atoms with Crippen LogP contribution in [0.1, 0.15) is 34.1 Å². The van der Waals surface area contributed by atoms with Crippen LogP contribution in [0.5, 0.6) is 0 Å². The molecule has 2 nitrogen and oxygen atoms in total. The predicted octanol–water partition coefficient (Wildman–Crippen LogP) is 1.54. The van der Waals surface area contributed by atoms with Crippen LogP contribution in [-0.4, -0.2) is 18.2 Å². The standard InChI is InChI=1S/C9H19NO/c1-6(2)11-8-5-7(10)9(8,3)4/h6-8H,5,10H2,1-4H3/t7-,8+/m0/s1. The lowest BCUT2D eigenvalue weighted by molar-refractivity contribution is -0.130. The average molecular weight is 157 g/mol. The van der Waals surface area contributed by atoms with E-state index in [1.165, 1.54) is 0 Å². The molecule has 0 radical (unpaired) electrons. The van der Waals surface area contributed by atoms with Crippen LogP contribution in [0.15, 0.2) is 0 Å². The largest absolute Gasteiger partial charge is 0.375 e. The van der Waals surface area contributed by atoms with Gasteiger partial charge in [0.2, 0.25) is 0 Å². The van der Waals surface area contributed by atoms with Crippen LogP contribution >= 0.6 is 0 Å². The van der Waals surface area contributed by atoms with Gasteiger partial charge in [0.25, 0.3) is 0 Å². The summed E-state index contributed by atoms with van der Waals surface area (Å²) in [6.07, 6.45) is 1.72. The summed E-state index contributed by atoms with van der Waals surface area (Å²) in [5.41, 5.74) is 6.03. The lowest BCUT2D eigenvalue weighted by atomic mass is 9.65. The molecular weight excluding hydrogens is 138 g/mol. The molecule has 0 spiro atoms. The van der Waals surface area contributed by atoms with E-state index in [0.29, 0.717) is 18.2 Å². The van der Waals surface area contributed by atoms with Crippen molar-refractivity contribution < 1.29 is 4.74 Å². The summed E-state index contributed by atoms with van der Waals surface area (Å²) in [5, 5.41) is 0. The fraction of sp³-hybridized carbons (Fsp3) is 1.00. The number of ether oxygens (including phenoxy) is 1. The fourth-order valence-corrected chi connectivity index (χ4v) is 1.48. The summed E-state index contributed by atoms with van der Waals surface area (Å²) in [6, 6.07) is 0.325. The minimum Gasteiger partial charge on any atom is -0.375 e. The van der Waals surface area contributed by atoms with Crippen molar-refractivity contribution in [3.8, 4) is 0 Å². The van der Waals surface area contributed by atoms with Crippen LogP contribution in [0, 0.1) is 5.41 Å². The Bertz CT molecular complexity index is 142. The normalized spacial score (nSPS) is 35.5. The summed E-state index contributed by atoms with van der Waals surface area (Å²) in [6.45, 7) is 8.49. The van der Waals surface area contributed by atoms with Crippen molar-refractivity contribution >= 4 is 0 Å². The van der Waals surface area contributed by atoms with Gasteiger partial charge in [-0.1, -0.05) is 13.8 Å². The number of hydrogen-bond donors (Lipinski definition) is 1. The third kappa shape index (κ3) is 1.57. The summed E-state index contributed by atoms with van der Waals surface area (Å²) < 4.78 is 5.69. The lowest BCUT2D eigenvalue weighted by Gasteiger charge is -2.50. The Morgan fingerprint density at radius 2 is 2.00 bits per heavy atom.